The zero-order valence-electron chi connectivity index (χ0n) is 11.9. The number of hydrogen-bond donors (Lipinski definition) is 1. The van der Waals surface area contributed by atoms with Crippen LogP contribution in [0.25, 0.3) is 0 Å². The Labute approximate surface area is 120 Å². The lowest BCUT2D eigenvalue weighted by molar-refractivity contribution is -0.117. The fourth-order valence-corrected chi connectivity index (χ4v) is 1.49. The Bertz CT molecular complexity index is 530. The van der Waals surface area contributed by atoms with Crippen LogP contribution in [-0.2, 0) is 16.0 Å². The number of halogens is 3. The number of alkyl carbamates (subject to hydrolysis) is 1. The molecule has 0 aromatic heterocycles. The van der Waals surface area contributed by atoms with Gasteiger partial charge < -0.3 is 10.1 Å². The van der Waals surface area contributed by atoms with Crippen LogP contribution in [0.3, 0.4) is 0 Å². The molecule has 21 heavy (non-hydrogen) atoms. The number of Topliss-reactive ketones (excluding diaryl/α,β-unsaturated/α-hetero) is 1. The van der Waals surface area contributed by atoms with Crippen molar-refractivity contribution in [2.24, 2.45) is 0 Å². The van der Waals surface area contributed by atoms with Crippen molar-refractivity contribution in [1.29, 1.82) is 0 Å². The molecule has 0 aliphatic rings. The van der Waals surface area contributed by atoms with Crippen molar-refractivity contribution < 1.29 is 27.5 Å². The summed E-state index contributed by atoms with van der Waals surface area (Å²) in [5.41, 5.74) is -0.710. The molecule has 0 fully saturated rings. The summed E-state index contributed by atoms with van der Waals surface area (Å²) in [6.07, 6.45) is -1.10. The van der Waals surface area contributed by atoms with Gasteiger partial charge in [0.1, 0.15) is 5.60 Å². The van der Waals surface area contributed by atoms with E-state index in [0.717, 1.165) is 12.1 Å². The molecular formula is C14H16F3NO3. The molecule has 0 spiro atoms. The number of carbonyl (C=O) groups is 2. The maximum Gasteiger partial charge on any atom is 0.408 e. The maximum atomic E-state index is 13.0. The van der Waals surface area contributed by atoms with Gasteiger partial charge in [-0.15, -0.1) is 0 Å². The minimum Gasteiger partial charge on any atom is -0.444 e. The second-order valence-electron chi connectivity index (χ2n) is 5.44. The summed E-state index contributed by atoms with van der Waals surface area (Å²) in [5.74, 6) is -4.81. The molecule has 0 aliphatic heterocycles. The zero-order chi connectivity index (χ0) is 16.2. The Kier molecular flexibility index (Phi) is 5.34. The third kappa shape index (κ3) is 5.85. The van der Waals surface area contributed by atoms with Gasteiger partial charge in [0.25, 0.3) is 0 Å². The minimum atomic E-state index is -1.59. The van der Waals surface area contributed by atoms with Gasteiger partial charge in [-0.2, -0.15) is 0 Å². The lowest BCUT2D eigenvalue weighted by Crippen LogP contribution is -2.35. The smallest absolute Gasteiger partial charge is 0.408 e. The monoisotopic (exact) mass is 303 g/mol. The number of hydrogen-bond acceptors (Lipinski definition) is 3. The van der Waals surface area contributed by atoms with Crippen molar-refractivity contribution in [1.82, 2.24) is 5.32 Å². The Morgan fingerprint density at radius 1 is 1.14 bits per heavy atom. The normalized spacial score (nSPS) is 11.1. The van der Waals surface area contributed by atoms with Gasteiger partial charge in [0, 0.05) is 6.42 Å². The summed E-state index contributed by atoms with van der Waals surface area (Å²) in [6.45, 7) is 4.64. The average molecular weight is 303 g/mol. The van der Waals surface area contributed by atoms with Crippen molar-refractivity contribution >= 4 is 11.9 Å². The van der Waals surface area contributed by atoms with Crippen molar-refractivity contribution in [3.8, 4) is 0 Å². The largest absolute Gasteiger partial charge is 0.444 e. The van der Waals surface area contributed by atoms with Gasteiger partial charge in [-0.1, -0.05) is 0 Å². The standard InChI is InChI=1S/C14H16F3NO3/c1-14(2,3)21-13(20)18-7-9(19)4-8-5-10(15)12(17)11(16)6-8/h5-6H,4,7H2,1-3H3,(H,18,20). The van der Waals surface area contributed by atoms with Crippen LogP contribution >= 0.6 is 0 Å². The number of ether oxygens (including phenoxy) is 1. The van der Waals surface area contributed by atoms with Gasteiger partial charge in [0.15, 0.2) is 23.2 Å². The fraction of sp³-hybridized carbons (Fsp3) is 0.429. The van der Waals surface area contributed by atoms with E-state index in [1.807, 2.05) is 0 Å². The van der Waals surface area contributed by atoms with Crippen LogP contribution in [-0.4, -0.2) is 24.0 Å². The van der Waals surface area contributed by atoms with Gasteiger partial charge in [0.05, 0.1) is 6.54 Å². The second kappa shape index (κ2) is 6.60. The van der Waals surface area contributed by atoms with E-state index >= 15 is 0 Å². The molecule has 1 N–H and O–H groups in total. The minimum absolute atomic E-state index is 0.0117. The molecule has 1 aromatic rings. The van der Waals surface area contributed by atoms with E-state index in [0.29, 0.717) is 0 Å². The molecule has 0 bridgehead atoms. The summed E-state index contributed by atoms with van der Waals surface area (Å²) < 4.78 is 43.6. The summed E-state index contributed by atoms with van der Waals surface area (Å²) >= 11 is 0. The van der Waals surface area contributed by atoms with Crippen molar-refractivity contribution in [3.05, 3.63) is 35.1 Å². The van der Waals surface area contributed by atoms with Crippen LogP contribution in [0, 0.1) is 17.5 Å². The van der Waals surface area contributed by atoms with Crippen LogP contribution in [0.15, 0.2) is 12.1 Å². The van der Waals surface area contributed by atoms with E-state index in [2.05, 4.69) is 5.32 Å². The van der Waals surface area contributed by atoms with E-state index in [4.69, 9.17) is 4.74 Å². The highest BCUT2D eigenvalue weighted by Crippen LogP contribution is 2.14. The lowest BCUT2D eigenvalue weighted by atomic mass is 10.1. The molecule has 7 heteroatoms. The van der Waals surface area contributed by atoms with Crippen LogP contribution in [0.4, 0.5) is 18.0 Å². The Morgan fingerprint density at radius 3 is 2.14 bits per heavy atom. The van der Waals surface area contributed by atoms with Gasteiger partial charge in [-0.3, -0.25) is 4.79 Å². The summed E-state index contributed by atoms with van der Waals surface area (Å²) in [4.78, 5) is 22.9. The van der Waals surface area contributed by atoms with Gasteiger partial charge in [-0.25, -0.2) is 18.0 Å². The number of ketones is 1. The molecule has 0 unspecified atom stereocenters. The molecule has 0 heterocycles. The fourth-order valence-electron chi connectivity index (χ4n) is 1.49. The Morgan fingerprint density at radius 2 is 1.67 bits per heavy atom. The SMILES string of the molecule is CC(C)(C)OC(=O)NCC(=O)Cc1cc(F)c(F)c(F)c1. The van der Waals surface area contributed by atoms with Crippen molar-refractivity contribution in [3.63, 3.8) is 0 Å². The third-order valence-corrected chi connectivity index (χ3v) is 2.27. The summed E-state index contributed by atoms with van der Waals surface area (Å²) in [6, 6.07) is 1.48. The van der Waals surface area contributed by atoms with E-state index in [1.165, 1.54) is 0 Å². The quantitative estimate of drug-likeness (QED) is 0.870. The van der Waals surface area contributed by atoms with Crippen molar-refractivity contribution in [2.45, 2.75) is 32.8 Å². The van der Waals surface area contributed by atoms with E-state index in [-0.39, 0.29) is 18.5 Å². The van der Waals surface area contributed by atoms with Crippen LogP contribution in [0.5, 0.6) is 0 Å². The molecule has 1 rings (SSSR count). The molecule has 0 saturated heterocycles. The Balaban J connectivity index is 2.53. The topological polar surface area (TPSA) is 55.4 Å². The number of carbonyl (C=O) groups excluding carboxylic acids is 2. The maximum absolute atomic E-state index is 13.0. The molecule has 0 aliphatic carbocycles. The molecule has 0 atom stereocenters. The molecule has 0 saturated carbocycles. The highest BCUT2D eigenvalue weighted by Gasteiger charge is 2.17. The highest BCUT2D eigenvalue weighted by molar-refractivity contribution is 5.85. The van der Waals surface area contributed by atoms with Gasteiger partial charge in [0.2, 0.25) is 0 Å². The predicted molar refractivity (Wildman–Crippen MR) is 69.3 cm³/mol. The predicted octanol–water partition coefficient (Wildman–Crippen LogP) is 2.74. The van der Waals surface area contributed by atoms with Crippen LogP contribution < -0.4 is 5.32 Å². The first-order chi connectivity index (χ1) is 9.58. The first kappa shape index (κ1) is 17.0. The van der Waals surface area contributed by atoms with Crippen LogP contribution in [0.2, 0.25) is 0 Å². The summed E-state index contributed by atoms with van der Waals surface area (Å²) in [5, 5.41) is 2.23. The molecular weight excluding hydrogens is 287 g/mol. The van der Waals surface area contributed by atoms with Gasteiger partial charge >= 0.3 is 6.09 Å². The van der Waals surface area contributed by atoms with E-state index in [9.17, 15) is 22.8 Å². The molecule has 0 radical (unpaired) electrons. The number of amides is 1. The van der Waals surface area contributed by atoms with Gasteiger partial charge in [-0.05, 0) is 38.5 Å². The van der Waals surface area contributed by atoms with E-state index in [1.54, 1.807) is 20.8 Å². The van der Waals surface area contributed by atoms with Crippen LogP contribution in [0.1, 0.15) is 26.3 Å². The second-order valence-corrected chi connectivity index (χ2v) is 5.44. The first-order valence-electron chi connectivity index (χ1n) is 6.20. The Hall–Kier alpha value is -2.05. The van der Waals surface area contributed by atoms with E-state index < -0.39 is 34.9 Å². The third-order valence-electron chi connectivity index (χ3n) is 2.27. The molecule has 116 valence electrons. The molecule has 1 amide bonds. The lowest BCUT2D eigenvalue weighted by Gasteiger charge is -2.19. The first-order valence-corrected chi connectivity index (χ1v) is 6.20. The number of rotatable bonds is 4. The number of nitrogens with one attached hydrogen (secondary N) is 1. The average Bonchev–Trinajstić information content (AvgIpc) is 2.31. The molecule has 1 aromatic carbocycles. The highest BCUT2D eigenvalue weighted by atomic mass is 19.2. The molecule has 4 nitrogen and oxygen atoms in total. The number of benzene rings is 1. The zero-order valence-corrected chi connectivity index (χ0v) is 11.9. The van der Waals surface area contributed by atoms with Crippen molar-refractivity contribution in [2.75, 3.05) is 6.54 Å². The summed E-state index contributed by atoms with van der Waals surface area (Å²) in [7, 11) is 0.